The zero-order valence-electron chi connectivity index (χ0n) is 34.5. The van der Waals surface area contributed by atoms with E-state index in [0.717, 1.165) is 71.8 Å². The summed E-state index contributed by atoms with van der Waals surface area (Å²) in [4.78, 5) is 2.40. The molecule has 0 fully saturated rings. The van der Waals surface area contributed by atoms with Crippen LogP contribution in [-0.2, 0) is 6.42 Å². The molecule has 0 amide bonds. The van der Waals surface area contributed by atoms with Crippen LogP contribution in [0.4, 0.5) is 5.69 Å². The standard InChI is InChI=1S/C52H56BNO/c1-11-17-45-44-24-16-25-49(44)55-51(45)38(8)54(47-28-35(5)32(2)26-27-52(9,10)31-36(47)6)48-30-39(40-20-13-12-18-33(40)3)29-46(50(48)53)43-23-15-22-42(37(43)7)41-21-14-19-34(41)4/h12-15,18-20,22-25,28-32H,5,8,11,17,21,26-27,53H2,1-4,6-7,9-10H3/b36-31?,47-28+. The summed E-state index contributed by atoms with van der Waals surface area (Å²) in [5.74, 6) is 2.04. The number of anilines is 1. The summed E-state index contributed by atoms with van der Waals surface area (Å²) in [7, 11) is 2.29. The predicted molar refractivity (Wildman–Crippen MR) is 241 cm³/mol. The summed E-state index contributed by atoms with van der Waals surface area (Å²) in [6.07, 6.45) is 18.4. The van der Waals surface area contributed by atoms with Crippen molar-refractivity contribution in [1.29, 1.82) is 0 Å². The first kappa shape index (κ1) is 38.1. The molecule has 1 unspecified atom stereocenters. The largest absolute Gasteiger partial charge is 0.454 e. The SMILES string of the molecule is Bc1c(-c2cccc(C3=C(C)C=CC3)c2C)cc(-c2ccccc2C)cc1N(C(=C)c1oc2c(c1CCC)C=C=C2)/C1=C/C(=C)C(C)CCC(C)(C)C=C1C. The van der Waals surface area contributed by atoms with E-state index in [1.165, 1.54) is 66.7 Å². The molecule has 1 aromatic heterocycles. The third-order valence-corrected chi connectivity index (χ3v) is 12.2. The zero-order valence-corrected chi connectivity index (χ0v) is 34.5. The van der Waals surface area contributed by atoms with E-state index in [1.54, 1.807) is 0 Å². The van der Waals surface area contributed by atoms with E-state index in [1.807, 2.05) is 6.08 Å². The van der Waals surface area contributed by atoms with E-state index in [-0.39, 0.29) is 5.41 Å². The Bertz CT molecular complexity index is 2430. The number of hydrogen-bond acceptors (Lipinski definition) is 2. The highest BCUT2D eigenvalue weighted by molar-refractivity contribution is 6.40. The Morgan fingerprint density at radius 1 is 0.982 bits per heavy atom. The summed E-state index contributed by atoms with van der Waals surface area (Å²) >= 11 is 0. The number of allylic oxidation sites excluding steroid dienone is 8. The summed E-state index contributed by atoms with van der Waals surface area (Å²) in [6, 6.07) is 20.4. The fourth-order valence-corrected chi connectivity index (χ4v) is 8.85. The normalized spacial score (nSPS) is 18.5. The van der Waals surface area contributed by atoms with Crippen molar-refractivity contribution >= 4 is 42.4 Å². The van der Waals surface area contributed by atoms with Gasteiger partial charge in [-0.2, -0.15) is 0 Å². The Labute approximate surface area is 331 Å². The molecule has 0 spiro atoms. The van der Waals surface area contributed by atoms with Crippen LogP contribution in [0.3, 0.4) is 0 Å². The van der Waals surface area contributed by atoms with Crippen LogP contribution >= 0.6 is 0 Å². The molecule has 3 aliphatic rings. The maximum Gasteiger partial charge on any atom is 0.154 e. The summed E-state index contributed by atoms with van der Waals surface area (Å²) < 4.78 is 6.79. The molecule has 278 valence electrons. The molecule has 3 aromatic carbocycles. The molecule has 0 aliphatic heterocycles. The molecule has 0 radical (unpaired) electrons. The van der Waals surface area contributed by atoms with Gasteiger partial charge in [0.1, 0.15) is 13.6 Å². The van der Waals surface area contributed by atoms with Crippen LogP contribution < -0.4 is 10.4 Å². The van der Waals surface area contributed by atoms with Gasteiger partial charge in [-0.25, -0.2) is 0 Å². The molecule has 0 saturated carbocycles. The fraction of sp³-hybridized carbons (Fsp3) is 0.288. The Morgan fingerprint density at radius 3 is 2.45 bits per heavy atom. The molecule has 0 saturated heterocycles. The third-order valence-electron chi connectivity index (χ3n) is 12.2. The second-order valence-corrected chi connectivity index (χ2v) is 16.8. The summed E-state index contributed by atoms with van der Waals surface area (Å²) in [6.45, 7) is 27.9. The molecule has 3 aliphatic carbocycles. The molecule has 1 atom stereocenters. The van der Waals surface area contributed by atoms with Crippen molar-refractivity contribution in [2.24, 2.45) is 11.3 Å². The first-order chi connectivity index (χ1) is 26.3. The highest BCUT2D eigenvalue weighted by atomic mass is 16.3. The highest BCUT2D eigenvalue weighted by Crippen LogP contribution is 2.44. The van der Waals surface area contributed by atoms with Crippen LogP contribution in [0.25, 0.3) is 45.7 Å². The Morgan fingerprint density at radius 2 is 1.73 bits per heavy atom. The van der Waals surface area contributed by atoms with Crippen molar-refractivity contribution in [2.45, 2.75) is 87.5 Å². The van der Waals surface area contributed by atoms with E-state index in [9.17, 15) is 0 Å². The van der Waals surface area contributed by atoms with Crippen molar-refractivity contribution < 1.29 is 4.42 Å². The van der Waals surface area contributed by atoms with Crippen molar-refractivity contribution in [2.75, 3.05) is 4.90 Å². The molecule has 2 nitrogen and oxygen atoms in total. The second kappa shape index (κ2) is 15.1. The van der Waals surface area contributed by atoms with E-state index in [4.69, 9.17) is 11.0 Å². The van der Waals surface area contributed by atoms with Gasteiger partial charge in [-0.05, 0) is 145 Å². The van der Waals surface area contributed by atoms with Gasteiger partial charge in [-0.1, -0.05) is 119 Å². The third kappa shape index (κ3) is 7.19. The molecular formula is C52H56BNO. The van der Waals surface area contributed by atoms with Gasteiger partial charge >= 0.3 is 0 Å². The van der Waals surface area contributed by atoms with Crippen LogP contribution in [0.2, 0.25) is 0 Å². The van der Waals surface area contributed by atoms with Crippen LogP contribution in [-0.4, -0.2) is 7.85 Å². The average Bonchev–Trinajstić information content (AvgIpc) is 3.88. The number of benzene rings is 3. The van der Waals surface area contributed by atoms with E-state index in [2.05, 4.69) is 165 Å². The quantitative estimate of drug-likeness (QED) is 0.111. The smallest absolute Gasteiger partial charge is 0.154 e. The number of nitrogens with zero attached hydrogens (tertiary/aromatic N) is 1. The molecule has 0 bridgehead atoms. The number of rotatable bonds is 9. The lowest BCUT2D eigenvalue weighted by molar-refractivity contribution is 0.392. The van der Waals surface area contributed by atoms with E-state index < -0.39 is 0 Å². The van der Waals surface area contributed by atoms with Crippen molar-refractivity contribution in [3.8, 4) is 22.3 Å². The van der Waals surface area contributed by atoms with Gasteiger partial charge in [0, 0.05) is 28.6 Å². The fourth-order valence-electron chi connectivity index (χ4n) is 8.85. The molecule has 55 heavy (non-hydrogen) atoms. The monoisotopic (exact) mass is 721 g/mol. The van der Waals surface area contributed by atoms with Gasteiger partial charge in [0.2, 0.25) is 0 Å². The van der Waals surface area contributed by atoms with Gasteiger partial charge in [-0.15, -0.1) is 5.73 Å². The number of aryl methyl sites for hydroxylation is 1. The van der Waals surface area contributed by atoms with Crippen LogP contribution in [0.5, 0.6) is 0 Å². The van der Waals surface area contributed by atoms with E-state index >= 15 is 0 Å². The topological polar surface area (TPSA) is 16.4 Å². The molecule has 1 heterocycles. The minimum absolute atomic E-state index is 0.00649. The van der Waals surface area contributed by atoms with E-state index in [0.29, 0.717) is 5.92 Å². The number of furan rings is 1. The lowest BCUT2D eigenvalue weighted by atomic mass is 9.79. The Balaban J connectivity index is 1.56. The van der Waals surface area contributed by atoms with Crippen LogP contribution in [0.1, 0.15) is 107 Å². The first-order valence-electron chi connectivity index (χ1n) is 20.1. The minimum Gasteiger partial charge on any atom is -0.454 e. The highest BCUT2D eigenvalue weighted by Gasteiger charge is 2.31. The predicted octanol–water partition coefficient (Wildman–Crippen LogP) is 13.1. The summed E-state index contributed by atoms with van der Waals surface area (Å²) in [5.41, 5.74) is 23.6. The van der Waals surface area contributed by atoms with Crippen molar-refractivity contribution in [3.05, 3.63) is 160 Å². The van der Waals surface area contributed by atoms with Crippen LogP contribution in [0, 0.1) is 25.2 Å². The van der Waals surface area contributed by atoms with Gasteiger partial charge < -0.3 is 9.32 Å². The van der Waals surface area contributed by atoms with Gasteiger partial charge in [-0.3, -0.25) is 0 Å². The zero-order chi connectivity index (χ0) is 39.2. The Kier molecular flexibility index (Phi) is 10.5. The summed E-state index contributed by atoms with van der Waals surface area (Å²) in [5, 5.41) is 0. The molecule has 3 heteroatoms. The maximum absolute atomic E-state index is 6.79. The molecule has 0 N–H and O–H groups in total. The van der Waals surface area contributed by atoms with Gasteiger partial charge in [0.25, 0.3) is 0 Å². The first-order valence-corrected chi connectivity index (χ1v) is 20.1. The van der Waals surface area contributed by atoms with Crippen molar-refractivity contribution in [1.82, 2.24) is 0 Å². The minimum atomic E-state index is 0.00649. The molecule has 7 rings (SSSR count). The lowest BCUT2D eigenvalue weighted by Gasteiger charge is -2.34. The average molecular weight is 722 g/mol. The van der Waals surface area contributed by atoms with Crippen molar-refractivity contribution in [3.63, 3.8) is 0 Å². The lowest BCUT2D eigenvalue weighted by Crippen LogP contribution is -2.29. The number of hydrogen-bond donors (Lipinski definition) is 0. The number of fused-ring (bicyclic) bond motifs is 1. The molecular weight excluding hydrogens is 665 g/mol. The Hall–Kier alpha value is -5.24. The molecule has 4 aromatic rings. The van der Waals surface area contributed by atoms with Gasteiger partial charge in [0.15, 0.2) is 5.76 Å². The van der Waals surface area contributed by atoms with Crippen LogP contribution in [0.15, 0.2) is 125 Å². The van der Waals surface area contributed by atoms with Gasteiger partial charge in [0.05, 0.1) is 5.70 Å². The second-order valence-electron chi connectivity index (χ2n) is 16.8. The maximum atomic E-state index is 6.79.